The van der Waals surface area contributed by atoms with Crippen LogP contribution < -0.4 is 16.1 Å². The van der Waals surface area contributed by atoms with Crippen LogP contribution in [0.1, 0.15) is 42.9 Å². The Bertz CT molecular complexity index is 1560. The molecule has 0 atom stereocenters. The topological polar surface area (TPSA) is 17.8 Å². The first-order chi connectivity index (χ1) is 21.7. The van der Waals surface area contributed by atoms with Crippen LogP contribution in [0.3, 0.4) is 0 Å². The van der Waals surface area contributed by atoms with Crippen LogP contribution in [0.15, 0.2) is 164 Å². The monoisotopic (exact) mass is 588 g/mol. The lowest BCUT2D eigenvalue weighted by molar-refractivity contribution is 0.596. The predicted molar refractivity (Wildman–Crippen MR) is 190 cm³/mol. The molecular weight excluding hydrogens is 547 g/mol. The molecule has 0 amide bonds. The SMILES string of the molecule is CB(c1ccccc1)c1ccccc1.CCCCCc1cccc([Si]C(c2ccccc2)(c2ccccc2)n2ccnc2)c1. The summed E-state index contributed by atoms with van der Waals surface area (Å²) in [4.78, 5) is 4.42. The summed E-state index contributed by atoms with van der Waals surface area (Å²) >= 11 is 0. The van der Waals surface area contributed by atoms with Crippen molar-refractivity contribution in [1.29, 1.82) is 0 Å². The second-order valence-corrected chi connectivity index (χ2v) is 12.8. The maximum atomic E-state index is 4.42. The zero-order valence-electron chi connectivity index (χ0n) is 25.9. The van der Waals surface area contributed by atoms with Crippen molar-refractivity contribution in [3.05, 3.63) is 181 Å². The van der Waals surface area contributed by atoms with E-state index in [1.807, 2.05) is 12.5 Å². The molecule has 0 unspecified atom stereocenters. The minimum absolute atomic E-state index is 0.318. The van der Waals surface area contributed by atoms with Crippen molar-refractivity contribution in [2.24, 2.45) is 0 Å². The molecule has 0 spiro atoms. The molecule has 0 aliphatic carbocycles. The molecule has 2 nitrogen and oxygen atoms in total. The number of aromatic nitrogens is 2. The molecule has 1 aromatic heterocycles. The van der Waals surface area contributed by atoms with Crippen molar-refractivity contribution in [3.8, 4) is 0 Å². The molecule has 0 N–H and O–H groups in total. The molecule has 5 aromatic carbocycles. The fourth-order valence-corrected chi connectivity index (χ4v) is 7.50. The molecule has 44 heavy (non-hydrogen) atoms. The summed E-state index contributed by atoms with van der Waals surface area (Å²) in [6.45, 7) is 4.99. The number of unbranched alkanes of at least 4 members (excludes halogenated alkanes) is 2. The summed E-state index contributed by atoms with van der Waals surface area (Å²) in [6.07, 6.45) is 10.9. The summed E-state index contributed by atoms with van der Waals surface area (Å²) < 4.78 is 2.28. The molecule has 2 radical (unpaired) electrons. The smallest absolute Gasteiger partial charge is 0.206 e. The van der Waals surface area contributed by atoms with Crippen molar-refractivity contribution in [2.45, 2.75) is 44.6 Å². The van der Waals surface area contributed by atoms with E-state index in [9.17, 15) is 0 Å². The second-order valence-electron chi connectivity index (χ2n) is 11.2. The minimum atomic E-state index is -0.318. The standard InChI is InChI=1S/C27H28N2Si.C13H13B/c1-2-3-6-12-23-13-11-18-26(21-23)30-27(29-20-19-28-22-29,24-14-7-4-8-15-24)25-16-9-5-10-17-25;1-14(12-8-4-2-5-9-12)13-10-6-3-7-11-13/h4-5,7-11,13-22H,2-3,6,12H2,1H3;2-11H,1H3. The van der Waals surface area contributed by atoms with Crippen molar-refractivity contribution < 1.29 is 0 Å². The Hall–Kier alpha value is -4.41. The summed E-state index contributed by atoms with van der Waals surface area (Å²) in [5, 5.41) is 1.06. The van der Waals surface area contributed by atoms with Gasteiger partial charge in [0.15, 0.2) is 0 Å². The number of rotatable bonds is 11. The maximum absolute atomic E-state index is 4.42. The third kappa shape index (κ3) is 7.75. The van der Waals surface area contributed by atoms with Gasteiger partial charge in [-0.25, -0.2) is 4.98 Å². The number of benzene rings is 5. The highest BCUT2D eigenvalue weighted by Gasteiger charge is 2.37. The van der Waals surface area contributed by atoms with E-state index in [-0.39, 0.29) is 5.16 Å². The van der Waals surface area contributed by atoms with Gasteiger partial charge in [-0.1, -0.05) is 188 Å². The van der Waals surface area contributed by atoms with E-state index in [4.69, 9.17) is 0 Å². The fraction of sp³-hybridized carbons (Fsp3) is 0.175. The average Bonchev–Trinajstić information content (AvgIpc) is 3.65. The highest BCUT2D eigenvalue weighted by atomic mass is 28.2. The Morgan fingerprint density at radius 2 is 1.20 bits per heavy atom. The number of imidazole rings is 1. The van der Waals surface area contributed by atoms with E-state index in [1.165, 1.54) is 52.1 Å². The normalized spacial score (nSPS) is 11.0. The third-order valence-electron chi connectivity index (χ3n) is 8.20. The van der Waals surface area contributed by atoms with Crippen LogP contribution in [0, 0.1) is 0 Å². The van der Waals surface area contributed by atoms with Gasteiger partial charge in [-0.3, -0.25) is 0 Å². The lowest BCUT2D eigenvalue weighted by Gasteiger charge is -2.36. The fourth-order valence-electron chi connectivity index (χ4n) is 5.76. The second kappa shape index (κ2) is 15.9. The lowest BCUT2D eigenvalue weighted by atomic mass is 9.43. The Morgan fingerprint density at radius 1 is 0.659 bits per heavy atom. The summed E-state index contributed by atoms with van der Waals surface area (Å²) in [5.74, 6) is 0. The highest BCUT2D eigenvalue weighted by molar-refractivity contribution is 6.84. The van der Waals surface area contributed by atoms with Crippen LogP contribution in [0.2, 0.25) is 6.82 Å². The van der Waals surface area contributed by atoms with Gasteiger partial charge >= 0.3 is 0 Å². The molecular formula is C40H41BN2Si. The molecule has 0 saturated carbocycles. The number of nitrogens with zero attached hydrogens (tertiary/aromatic N) is 2. The Balaban J connectivity index is 0.000000229. The van der Waals surface area contributed by atoms with Crippen molar-refractivity contribution >= 4 is 32.3 Å². The Kier molecular flexibility index (Phi) is 11.2. The van der Waals surface area contributed by atoms with Gasteiger partial charge in [0.2, 0.25) is 6.71 Å². The molecule has 4 heteroatoms. The summed E-state index contributed by atoms with van der Waals surface area (Å²) in [6, 6.07) is 52.1. The van der Waals surface area contributed by atoms with Crippen molar-refractivity contribution in [2.75, 3.05) is 0 Å². The van der Waals surface area contributed by atoms with Crippen LogP contribution in [-0.4, -0.2) is 25.8 Å². The van der Waals surface area contributed by atoms with E-state index in [1.54, 1.807) is 0 Å². The highest BCUT2D eigenvalue weighted by Crippen LogP contribution is 2.33. The van der Waals surface area contributed by atoms with Gasteiger partial charge in [0.1, 0.15) is 9.52 Å². The van der Waals surface area contributed by atoms with Gasteiger partial charge in [0.05, 0.1) is 11.5 Å². The molecule has 0 saturated heterocycles. The van der Waals surface area contributed by atoms with E-state index < -0.39 is 0 Å². The van der Waals surface area contributed by atoms with Gasteiger partial charge in [0.25, 0.3) is 0 Å². The first-order valence-corrected chi connectivity index (χ1v) is 16.8. The van der Waals surface area contributed by atoms with Crippen LogP contribution in [-0.2, 0) is 11.6 Å². The average molecular weight is 589 g/mol. The van der Waals surface area contributed by atoms with Gasteiger partial charge in [0, 0.05) is 12.4 Å². The summed E-state index contributed by atoms with van der Waals surface area (Å²) in [5.41, 5.74) is 6.75. The molecule has 218 valence electrons. The first-order valence-electron chi connectivity index (χ1n) is 15.8. The quantitative estimate of drug-likeness (QED) is 0.115. The zero-order chi connectivity index (χ0) is 30.5. The number of aryl methyl sites for hydroxylation is 1. The third-order valence-corrected chi connectivity index (χ3v) is 9.99. The molecule has 0 aliphatic heterocycles. The summed E-state index contributed by atoms with van der Waals surface area (Å²) in [7, 11) is 0.540. The molecule has 0 aliphatic rings. The predicted octanol–water partition coefficient (Wildman–Crippen LogP) is 7.32. The molecule has 0 fully saturated rings. The minimum Gasteiger partial charge on any atom is -0.326 e. The maximum Gasteiger partial charge on any atom is 0.206 e. The molecule has 1 heterocycles. The van der Waals surface area contributed by atoms with Crippen molar-refractivity contribution in [1.82, 2.24) is 9.55 Å². The van der Waals surface area contributed by atoms with E-state index in [0.717, 1.165) is 6.42 Å². The van der Waals surface area contributed by atoms with Crippen LogP contribution in [0.5, 0.6) is 0 Å². The molecule has 0 bridgehead atoms. The van der Waals surface area contributed by atoms with Gasteiger partial charge in [-0.15, -0.1) is 0 Å². The van der Waals surface area contributed by atoms with Gasteiger partial charge in [-0.05, 0) is 29.5 Å². The molecule has 6 aromatic rings. The van der Waals surface area contributed by atoms with E-state index in [0.29, 0.717) is 16.2 Å². The van der Waals surface area contributed by atoms with E-state index in [2.05, 4.69) is 175 Å². The van der Waals surface area contributed by atoms with E-state index >= 15 is 0 Å². The van der Waals surface area contributed by atoms with Crippen molar-refractivity contribution in [3.63, 3.8) is 0 Å². The molecule has 6 rings (SSSR count). The Morgan fingerprint density at radius 3 is 1.70 bits per heavy atom. The van der Waals surface area contributed by atoms with Gasteiger partial charge in [-0.2, -0.15) is 0 Å². The first kappa shape index (κ1) is 31.0. The lowest BCUT2D eigenvalue weighted by Crippen LogP contribution is -2.46. The van der Waals surface area contributed by atoms with Crippen LogP contribution >= 0.6 is 0 Å². The largest absolute Gasteiger partial charge is 0.326 e. The number of hydrogen-bond donors (Lipinski definition) is 0. The van der Waals surface area contributed by atoms with Crippen LogP contribution in [0.4, 0.5) is 0 Å². The zero-order valence-corrected chi connectivity index (χ0v) is 26.9. The number of hydrogen-bond acceptors (Lipinski definition) is 1. The van der Waals surface area contributed by atoms with Crippen LogP contribution in [0.25, 0.3) is 0 Å². The van der Waals surface area contributed by atoms with Gasteiger partial charge < -0.3 is 4.57 Å². The Labute approximate surface area is 266 Å².